The van der Waals surface area contributed by atoms with Crippen molar-refractivity contribution in [1.82, 2.24) is 0 Å². The van der Waals surface area contributed by atoms with Gasteiger partial charge in [-0.2, -0.15) is 0 Å². The van der Waals surface area contributed by atoms with Crippen molar-refractivity contribution in [2.45, 2.75) is 6.92 Å². The van der Waals surface area contributed by atoms with Crippen molar-refractivity contribution in [3.8, 4) is 5.75 Å². The molecular formula is C18H14ClNO3. The van der Waals surface area contributed by atoms with E-state index in [4.69, 9.17) is 21.1 Å². The second-order valence-corrected chi connectivity index (χ2v) is 5.45. The van der Waals surface area contributed by atoms with Gasteiger partial charge in [-0.25, -0.2) is 9.79 Å². The number of rotatable bonds is 3. The van der Waals surface area contributed by atoms with Gasteiger partial charge in [-0.1, -0.05) is 35.9 Å². The Kier molecular flexibility index (Phi) is 4.17. The fourth-order valence-corrected chi connectivity index (χ4v) is 2.53. The summed E-state index contributed by atoms with van der Waals surface area (Å²) >= 11 is 6.09. The van der Waals surface area contributed by atoms with E-state index in [1.54, 1.807) is 31.4 Å². The Balaban J connectivity index is 1.95. The minimum atomic E-state index is -0.477. The minimum Gasteiger partial charge on any atom is -0.495 e. The average molecular weight is 328 g/mol. The molecule has 0 unspecified atom stereocenters. The summed E-state index contributed by atoms with van der Waals surface area (Å²) in [7, 11) is 1.55. The van der Waals surface area contributed by atoms with Gasteiger partial charge in [0, 0.05) is 5.56 Å². The van der Waals surface area contributed by atoms with E-state index in [-0.39, 0.29) is 5.70 Å². The summed E-state index contributed by atoms with van der Waals surface area (Å²) in [5.41, 5.74) is 2.78. The molecule has 0 amide bonds. The molecule has 4 nitrogen and oxygen atoms in total. The summed E-state index contributed by atoms with van der Waals surface area (Å²) in [6.45, 7) is 1.94. The van der Waals surface area contributed by atoms with Crippen LogP contribution in [0.15, 0.2) is 53.2 Å². The second-order valence-electron chi connectivity index (χ2n) is 5.04. The molecule has 0 saturated heterocycles. The molecule has 0 bridgehead atoms. The molecule has 1 heterocycles. The number of carbonyl (C=O) groups is 1. The van der Waals surface area contributed by atoms with Gasteiger partial charge < -0.3 is 9.47 Å². The monoisotopic (exact) mass is 327 g/mol. The van der Waals surface area contributed by atoms with Crippen molar-refractivity contribution in [3.63, 3.8) is 0 Å². The molecule has 1 aliphatic heterocycles. The van der Waals surface area contributed by atoms with E-state index in [0.717, 1.165) is 16.7 Å². The molecule has 0 fully saturated rings. The zero-order chi connectivity index (χ0) is 16.4. The molecule has 2 aromatic rings. The number of methoxy groups -OCH3 is 1. The van der Waals surface area contributed by atoms with Crippen LogP contribution in [-0.2, 0) is 9.53 Å². The molecule has 5 heteroatoms. The SMILES string of the molecule is COc1ccc(/C=C2/N=C(c3ccccc3C)OC2=O)cc1Cl. The van der Waals surface area contributed by atoms with E-state index in [1.165, 1.54) is 0 Å². The number of esters is 1. The Labute approximate surface area is 139 Å². The van der Waals surface area contributed by atoms with Crippen LogP contribution in [0.2, 0.25) is 5.02 Å². The Hall–Kier alpha value is -2.59. The Bertz CT molecular complexity index is 840. The van der Waals surface area contributed by atoms with Crippen LogP contribution < -0.4 is 4.74 Å². The Morgan fingerprint density at radius 3 is 2.70 bits per heavy atom. The first-order chi connectivity index (χ1) is 11.1. The fraction of sp³-hybridized carbons (Fsp3) is 0.111. The van der Waals surface area contributed by atoms with Crippen molar-refractivity contribution in [2.75, 3.05) is 7.11 Å². The van der Waals surface area contributed by atoms with Crippen LogP contribution in [0.3, 0.4) is 0 Å². The number of hydrogen-bond donors (Lipinski definition) is 0. The first-order valence-corrected chi connectivity index (χ1v) is 7.38. The predicted octanol–water partition coefficient (Wildman–Crippen LogP) is 4.00. The van der Waals surface area contributed by atoms with Gasteiger partial charge in [0.25, 0.3) is 0 Å². The normalized spacial score (nSPS) is 15.5. The summed E-state index contributed by atoms with van der Waals surface area (Å²) in [5, 5.41) is 0.469. The summed E-state index contributed by atoms with van der Waals surface area (Å²) in [6.07, 6.45) is 1.64. The number of benzene rings is 2. The molecule has 0 atom stereocenters. The number of halogens is 1. The number of aliphatic imine (C=N–C) groups is 1. The standard InChI is InChI=1S/C18H14ClNO3/c1-11-5-3-4-6-13(11)17-20-15(18(21)23-17)10-12-7-8-16(22-2)14(19)9-12/h3-10H,1-2H3/b15-10+. The molecule has 0 saturated carbocycles. The van der Waals surface area contributed by atoms with Crippen LogP contribution in [0.25, 0.3) is 6.08 Å². The van der Waals surface area contributed by atoms with Gasteiger partial charge in [0.2, 0.25) is 5.90 Å². The Morgan fingerprint density at radius 2 is 2.00 bits per heavy atom. The summed E-state index contributed by atoms with van der Waals surface area (Å²) < 4.78 is 10.4. The highest BCUT2D eigenvalue weighted by Gasteiger charge is 2.24. The lowest BCUT2D eigenvalue weighted by molar-refractivity contribution is -0.129. The molecule has 0 spiro atoms. The highest BCUT2D eigenvalue weighted by Crippen LogP contribution is 2.27. The molecule has 116 valence electrons. The van der Waals surface area contributed by atoms with E-state index in [0.29, 0.717) is 16.7 Å². The molecule has 0 radical (unpaired) electrons. The molecule has 0 aliphatic carbocycles. The maximum absolute atomic E-state index is 12.0. The van der Waals surface area contributed by atoms with Gasteiger partial charge in [0.05, 0.1) is 12.1 Å². The highest BCUT2D eigenvalue weighted by molar-refractivity contribution is 6.32. The zero-order valence-corrected chi connectivity index (χ0v) is 13.4. The van der Waals surface area contributed by atoms with Crippen LogP contribution >= 0.6 is 11.6 Å². The lowest BCUT2D eigenvalue weighted by atomic mass is 10.1. The summed E-state index contributed by atoms with van der Waals surface area (Å²) in [4.78, 5) is 16.3. The molecule has 3 rings (SSSR count). The lowest BCUT2D eigenvalue weighted by Crippen LogP contribution is -2.06. The van der Waals surface area contributed by atoms with Crippen LogP contribution in [0.1, 0.15) is 16.7 Å². The van der Waals surface area contributed by atoms with E-state index in [9.17, 15) is 4.79 Å². The van der Waals surface area contributed by atoms with E-state index >= 15 is 0 Å². The van der Waals surface area contributed by atoms with Crippen LogP contribution in [-0.4, -0.2) is 19.0 Å². The average Bonchev–Trinajstić information content (AvgIpc) is 2.89. The first kappa shape index (κ1) is 15.3. The topological polar surface area (TPSA) is 47.9 Å². The summed E-state index contributed by atoms with van der Waals surface area (Å²) in [5.74, 6) is 0.418. The van der Waals surface area contributed by atoms with Crippen LogP contribution in [0.4, 0.5) is 0 Å². The van der Waals surface area contributed by atoms with Crippen molar-refractivity contribution in [3.05, 3.63) is 69.9 Å². The first-order valence-electron chi connectivity index (χ1n) is 7.00. The quantitative estimate of drug-likeness (QED) is 0.632. The minimum absolute atomic E-state index is 0.240. The largest absolute Gasteiger partial charge is 0.495 e. The van der Waals surface area contributed by atoms with E-state index in [2.05, 4.69) is 4.99 Å². The zero-order valence-electron chi connectivity index (χ0n) is 12.7. The van der Waals surface area contributed by atoms with Gasteiger partial charge in [0.15, 0.2) is 5.70 Å². The molecular weight excluding hydrogens is 314 g/mol. The summed E-state index contributed by atoms with van der Waals surface area (Å²) in [6, 6.07) is 12.9. The molecule has 2 aromatic carbocycles. The number of cyclic esters (lactones) is 1. The van der Waals surface area contributed by atoms with Crippen LogP contribution in [0, 0.1) is 6.92 Å². The number of nitrogens with zero attached hydrogens (tertiary/aromatic N) is 1. The van der Waals surface area contributed by atoms with Gasteiger partial charge in [0.1, 0.15) is 5.75 Å². The van der Waals surface area contributed by atoms with Crippen molar-refractivity contribution in [1.29, 1.82) is 0 Å². The molecule has 1 aliphatic rings. The molecule has 23 heavy (non-hydrogen) atoms. The second kappa shape index (κ2) is 6.26. The van der Waals surface area contributed by atoms with Crippen molar-refractivity contribution < 1.29 is 14.3 Å². The number of hydrogen-bond acceptors (Lipinski definition) is 4. The maximum atomic E-state index is 12.0. The predicted molar refractivity (Wildman–Crippen MR) is 89.8 cm³/mol. The van der Waals surface area contributed by atoms with Gasteiger partial charge in [-0.3, -0.25) is 0 Å². The molecule has 0 N–H and O–H groups in total. The lowest BCUT2D eigenvalue weighted by Gasteiger charge is -2.03. The molecule has 0 aromatic heterocycles. The van der Waals surface area contributed by atoms with Crippen LogP contribution in [0.5, 0.6) is 5.75 Å². The van der Waals surface area contributed by atoms with Crippen molar-refractivity contribution >= 4 is 29.5 Å². The smallest absolute Gasteiger partial charge is 0.363 e. The van der Waals surface area contributed by atoms with Gasteiger partial charge >= 0.3 is 5.97 Å². The number of carbonyl (C=O) groups excluding carboxylic acids is 1. The Morgan fingerprint density at radius 1 is 1.22 bits per heavy atom. The van der Waals surface area contributed by atoms with Gasteiger partial charge in [-0.15, -0.1) is 0 Å². The maximum Gasteiger partial charge on any atom is 0.363 e. The van der Waals surface area contributed by atoms with Gasteiger partial charge in [-0.05, 0) is 42.3 Å². The fourth-order valence-electron chi connectivity index (χ4n) is 2.27. The number of ether oxygens (including phenoxy) is 2. The van der Waals surface area contributed by atoms with E-state index in [1.807, 2.05) is 31.2 Å². The third kappa shape index (κ3) is 3.12. The third-order valence-corrected chi connectivity index (χ3v) is 3.77. The highest BCUT2D eigenvalue weighted by atomic mass is 35.5. The van der Waals surface area contributed by atoms with Crippen molar-refractivity contribution in [2.24, 2.45) is 4.99 Å². The van der Waals surface area contributed by atoms with E-state index < -0.39 is 5.97 Å². The number of aryl methyl sites for hydroxylation is 1. The third-order valence-electron chi connectivity index (χ3n) is 3.48.